The zero-order chi connectivity index (χ0) is 22.8. The first kappa shape index (κ1) is 22.5. The number of rotatable bonds is 5. The first-order valence-corrected chi connectivity index (χ1v) is 10.7. The zero-order valence-corrected chi connectivity index (χ0v) is 19.4. The second kappa shape index (κ2) is 8.54. The fourth-order valence-electron chi connectivity index (χ4n) is 3.69. The molecule has 0 aliphatic heterocycles. The van der Waals surface area contributed by atoms with E-state index in [4.69, 9.17) is 0 Å². The molecule has 0 bridgehead atoms. The van der Waals surface area contributed by atoms with Gasteiger partial charge in [-0.2, -0.15) is 0 Å². The van der Waals surface area contributed by atoms with E-state index in [1.54, 1.807) is 0 Å². The van der Waals surface area contributed by atoms with Crippen LogP contribution in [0.15, 0.2) is 60.7 Å². The van der Waals surface area contributed by atoms with E-state index in [2.05, 4.69) is 31.4 Å². The van der Waals surface area contributed by atoms with E-state index in [1.807, 2.05) is 81.4 Å². The largest absolute Gasteiger partial charge is 0.507 e. The molecule has 0 radical (unpaired) electrons. The zero-order valence-electron chi connectivity index (χ0n) is 19.4. The first-order chi connectivity index (χ1) is 14.5. The number of phenolic OH excluding ortho intramolecular Hbond substituents is 2. The van der Waals surface area contributed by atoms with Crippen molar-refractivity contribution in [2.45, 2.75) is 58.9 Å². The lowest BCUT2D eigenvalue weighted by Gasteiger charge is -2.29. The Balaban J connectivity index is 1.82. The number of phenols is 2. The van der Waals surface area contributed by atoms with Gasteiger partial charge in [-0.25, -0.2) is 0 Å². The van der Waals surface area contributed by atoms with Crippen LogP contribution in [-0.2, 0) is 17.4 Å². The van der Waals surface area contributed by atoms with Crippen LogP contribution in [0.1, 0.15) is 58.2 Å². The highest BCUT2D eigenvalue weighted by Crippen LogP contribution is 2.45. The van der Waals surface area contributed by atoms with Crippen molar-refractivity contribution in [3.8, 4) is 11.5 Å². The van der Waals surface area contributed by atoms with Gasteiger partial charge >= 0.3 is 0 Å². The fourth-order valence-corrected chi connectivity index (χ4v) is 3.69. The molecule has 4 nitrogen and oxygen atoms in total. The van der Waals surface area contributed by atoms with Crippen molar-refractivity contribution in [2.24, 2.45) is 0 Å². The Kier molecular flexibility index (Phi) is 6.21. The molecule has 4 N–H and O–H groups in total. The van der Waals surface area contributed by atoms with Crippen LogP contribution in [-0.4, -0.2) is 10.2 Å². The van der Waals surface area contributed by atoms with Crippen molar-refractivity contribution in [1.29, 1.82) is 0 Å². The minimum atomic E-state index is -0.380. The van der Waals surface area contributed by atoms with Gasteiger partial charge in [0, 0.05) is 40.3 Å². The molecule has 4 heteroatoms. The highest BCUT2D eigenvalue weighted by atomic mass is 16.3. The predicted octanol–water partition coefficient (Wildman–Crippen LogP) is 7.05. The van der Waals surface area contributed by atoms with Crippen LogP contribution in [0.3, 0.4) is 0 Å². The van der Waals surface area contributed by atoms with Crippen LogP contribution >= 0.6 is 0 Å². The number of nitrogens with one attached hydrogen (secondary N) is 2. The van der Waals surface area contributed by atoms with Crippen molar-refractivity contribution >= 4 is 17.1 Å². The topological polar surface area (TPSA) is 64.5 Å². The second-order valence-electron chi connectivity index (χ2n) is 10.1. The summed E-state index contributed by atoms with van der Waals surface area (Å²) < 4.78 is 0. The highest BCUT2D eigenvalue weighted by Gasteiger charge is 2.30. The second-order valence-corrected chi connectivity index (χ2v) is 10.1. The molecule has 0 fully saturated rings. The summed E-state index contributed by atoms with van der Waals surface area (Å²) in [6.45, 7) is 12.7. The van der Waals surface area contributed by atoms with Gasteiger partial charge in [-0.3, -0.25) is 0 Å². The maximum Gasteiger partial charge on any atom is 0.128 e. The Bertz CT molecular complexity index is 1030. The van der Waals surface area contributed by atoms with Crippen LogP contribution in [0, 0.1) is 0 Å². The average Bonchev–Trinajstić information content (AvgIpc) is 2.67. The smallest absolute Gasteiger partial charge is 0.128 e. The van der Waals surface area contributed by atoms with Gasteiger partial charge < -0.3 is 20.8 Å². The van der Waals surface area contributed by atoms with Gasteiger partial charge in [0.25, 0.3) is 0 Å². The molecule has 0 atom stereocenters. The van der Waals surface area contributed by atoms with Gasteiger partial charge in [0.15, 0.2) is 0 Å². The van der Waals surface area contributed by atoms with E-state index >= 15 is 0 Å². The summed E-state index contributed by atoms with van der Waals surface area (Å²) in [5, 5.41) is 28.7. The molecule has 0 heterocycles. The van der Waals surface area contributed by atoms with Gasteiger partial charge in [-0.1, -0.05) is 59.7 Å². The molecule has 0 aromatic heterocycles. The molecule has 0 amide bonds. The molecule has 0 aliphatic carbocycles. The lowest BCUT2D eigenvalue weighted by atomic mass is 9.77. The molecule has 0 unspecified atom stereocenters. The van der Waals surface area contributed by atoms with E-state index < -0.39 is 0 Å². The summed E-state index contributed by atoms with van der Waals surface area (Å²) in [4.78, 5) is 0. The highest BCUT2D eigenvalue weighted by molar-refractivity contribution is 5.63. The number of benzene rings is 3. The van der Waals surface area contributed by atoms with Crippen molar-refractivity contribution in [2.75, 3.05) is 10.6 Å². The Hall–Kier alpha value is -3.14. The van der Waals surface area contributed by atoms with E-state index in [1.165, 1.54) is 0 Å². The van der Waals surface area contributed by atoms with E-state index in [0.29, 0.717) is 12.1 Å². The van der Waals surface area contributed by atoms with Gasteiger partial charge in [-0.05, 0) is 53.3 Å². The third-order valence-electron chi connectivity index (χ3n) is 5.34. The first-order valence-electron chi connectivity index (χ1n) is 10.7. The molecule has 164 valence electrons. The molecular formula is C27H34N2O2. The summed E-state index contributed by atoms with van der Waals surface area (Å²) >= 11 is 0. The van der Waals surface area contributed by atoms with Gasteiger partial charge in [0.05, 0.1) is 0 Å². The lowest BCUT2D eigenvalue weighted by molar-refractivity contribution is 0.394. The van der Waals surface area contributed by atoms with Gasteiger partial charge in [0.2, 0.25) is 0 Å². The SMILES string of the molecule is CC(C)(C)c1cc(CNc2ccc(Nc3ccccc3)cc2)c(O)c(C(C)(C)C)c1O. The quantitative estimate of drug-likeness (QED) is 0.358. The monoisotopic (exact) mass is 418 g/mol. The molecule has 0 aliphatic rings. The Morgan fingerprint density at radius 2 is 1.23 bits per heavy atom. The van der Waals surface area contributed by atoms with E-state index in [-0.39, 0.29) is 22.3 Å². The van der Waals surface area contributed by atoms with Crippen LogP contribution in [0.2, 0.25) is 0 Å². The number of para-hydroxylation sites is 1. The molecule has 0 saturated heterocycles. The standard InChI is InChI=1S/C27H34N2O2/c1-26(2,3)22-16-18(24(30)23(25(22)31)27(4,5)6)17-28-19-12-14-21(15-13-19)29-20-10-8-7-9-11-20/h7-16,28-31H,17H2,1-6H3. The fraction of sp³-hybridized carbons (Fsp3) is 0.333. The predicted molar refractivity (Wildman–Crippen MR) is 131 cm³/mol. The van der Waals surface area contributed by atoms with E-state index in [0.717, 1.165) is 28.2 Å². The minimum absolute atomic E-state index is 0.160. The molecule has 3 aromatic rings. The molecule has 0 saturated carbocycles. The summed E-state index contributed by atoms with van der Waals surface area (Å²) in [7, 11) is 0. The average molecular weight is 419 g/mol. The van der Waals surface area contributed by atoms with Crippen molar-refractivity contribution < 1.29 is 10.2 Å². The number of anilines is 3. The van der Waals surface area contributed by atoms with Crippen molar-refractivity contribution in [3.05, 3.63) is 77.4 Å². The third kappa shape index (κ3) is 5.32. The van der Waals surface area contributed by atoms with Crippen LogP contribution in [0.25, 0.3) is 0 Å². The molecule has 3 rings (SSSR count). The number of hydrogen-bond acceptors (Lipinski definition) is 4. The Labute approximate surface area is 186 Å². The maximum absolute atomic E-state index is 11.0. The summed E-state index contributed by atoms with van der Waals surface area (Å²) in [6.07, 6.45) is 0. The number of aromatic hydroxyl groups is 2. The lowest BCUT2D eigenvalue weighted by Crippen LogP contribution is -2.19. The van der Waals surface area contributed by atoms with Gasteiger partial charge in [0.1, 0.15) is 11.5 Å². The molecule has 0 spiro atoms. The van der Waals surface area contributed by atoms with Crippen LogP contribution in [0.4, 0.5) is 17.1 Å². The molecule has 31 heavy (non-hydrogen) atoms. The van der Waals surface area contributed by atoms with Gasteiger partial charge in [-0.15, -0.1) is 0 Å². The Morgan fingerprint density at radius 1 is 0.677 bits per heavy atom. The Morgan fingerprint density at radius 3 is 1.77 bits per heavy atom. The maximum atomic E-state index is 11.0. The normalized spacial score (nSPS) is 11.9. The summed E-state index contributed by atoms with van der Waals surface area (Å²) in [5.74, 6) is 0.352. The molecular weight excluding hydrogens is 384 g/mol. The minimum Gasteiger partial charge on any atom is -0.507 e. The van der Waals surface area contributed by atoms with Crippen molar-refractivity contribution in [1.82, 2.24) is 0 Å². The molecule has 3 aromatic carbocycles. The van der Waals surface area contributed by atoms with Crippen LogP contribution < -0.4 is 10.6 Å². The van der Waals surface area contributed by atoms with Crippen molar-refractivity contribution in [3.63, 3.8) is 0 Å². The van der Waals surface area contributed by atoms with E-state index in [9.17, 15) is 10.2 Å². The summed E-state index contributed by atoms with van der Waals surface area (Å²) in [6, 6.07) is 20.0. The van der Waals surface area contributed by atoms with Crippen LogP contribution in [0.5, 0.6) is 11.5 Å². The summed E-state index contributed by atoms with van der Waals surface area (Å²) in [5.41, 5.74) is 4.61. The third-order valence-corrected chi connectivity index (χ3v) is 5.34. The number of hydrogen-bond donors (Lipinski definition) is 4.